The molecule has 0 saturated heterocycles. The molecule has 0 aromatic heterocycles. The Morgan fingerprint density at radius 2 is 1.68 bits per heavy atom. The van der Waals surface area contributed by atoms with Crippen LogP contribution in [0.3, 0.4) is 0 Å². The van der Waals surface area contributed by atoms with E-state index in [0.717, 1.165) is 0 Å². The Balaban J connectivity index is 0.00000154. The highest BCUT2D eigenvalue weighted by Gasteiger charge is 2.15. The molecule has 1 rings (SSSR count). The normalized spacial score (nSPS) is 10.4. The van der Waals surface area contributed by atoms with E-state index in [1.165, 1.54) is 11.1 Å². The number of ether oxygens (including phenoxy) is 1. The van der Waals surface area contributed by atoms with Crippen molar-refractivity contribution in [3.8, 4) is 0 Å². The summed E-state index contributed by atoms with van der Waals surface area (Å²) in [6.45, 7) is 12.6. The van der Waals surface area contributed by atoms with Crippen LogP contribution in [-0.4, -0.2) is 18.1 Å². The van der Waals surface area contributed by atoms with Crippen LogP contribution in [-0.2, 0) is 16.1 Å². The van der Waals surface area contributed by atoms with Crippen molar-refractivity contribution < 1.29 is 9.53 Å². The maximum absolute atomic E-state index is 11.4. The summed E-state index contributed by atoms with van der Waals surface area (Å²) >= 11 is 0. The Labute approximate surface area is 117 Å². The van der Waals surface area contributed by atoms with Crippen LogP contribution >= 0.6 is 0 Å². The molecule has 0 aliphatic rings. The van der Waals surface area contributed by atoms with Gasteiger partial charge in [0.15, 0.2) is 0 Å². The highest BCUT2D eigenvalue weighted by atomic mass is 16.6. The van der Waals surface area contributed by atoms with Crippen LogP contribution in [0.4, 0.5) is 0 Å². The zero-order valence-electron chi connectivity index (χ0n) is 13.0. The molecule has 0 aliphatic heterocycles. The van der Waals surface area contributed by atoms with Gasteiger partial charge >= 0.3 is 5.97 Å². The molecular formula is C16H27NO2. The van der Waals surface area contributed by atoms with Crippen LogP contribution in [0, 0.1) is 6.92 Å². The van der Waals surface area contributed by atoms with Gasteiger partial charge in [-0.3, -0.25) is 4.79 Å². The summed E-state index contributed by atoms with van der Waals surface area (Å²) in [5, 5.41) is 3.07. The summed E-state index contributed by atoms with van der Waals surface area (Å²) in [4.78, 5) is 11.4. The maximum atomic E-state index is 11.4. The lowest BCUT2D eigenvalue weighted by Crippen LogP contribution is -2.31. The van der Waals surface area contributed by atoms with E-state index in [1.807, 2.05) is 34.6 Å². The first-order valence-corrected chi connectivity index (χ1v) is 6.85. The maximum Gasteiger partial charge on any atom is 0.320 e. The van der Waals surface area contributed by atoms with Gasteiger partial charge in [0.05, 0.1) is 6.54 Å². The number of rotatable bonds is 4. The minimum Gasteiger partial charge on any atom is -0.459 e. The molecule has 0 unspecified atom stereocenters. The number of nitrogens with one attached hydrogen (secondary N) is 1. The Kier molecular flexibility index (Phi) is 8.08. The standard InChI is InChI=1S/C14H21NO2.C2H6/c1-11-5-7-12(8-6-11)9-15-10-13(16)17-14(2,3)4;1-2/h5-8,15H,9-10H2,1-4H3;1-2H3. The van der Waals surface area contributed by atoms with Crippen LogP contribution in [0.25, 0.3) is 0 Å². The SMILES string of the molecule is CC.Cc1ccc(CNCC(=O)OC(C)(C)C)cc1. The molecule has 0 atom stereocenters. The fraction of sp³-hybridized carbons (Fsp3) is 0.562. The van der Waals surface area contributed by atoms with Gasteiger partial charge in [-0.25, -0.2) is 0 Å². The molecule has 0 heterocycles. The van der Waals surface area contributed by atoms with Crippen molar-refractivity contribution in [3.63, 3.8) is 0 Å². The monoisotopic (exact) mass is 265 g/mol. The molecule has 0 fully saturated rings. The summed E-state index contributed by atoms with van der Waals surface area (Å²) < 4.78 is 5.19. The molecule has 3 nitrogen and oxygen atoms in total. The lowest BCUT2D eigenvalue weighted by Gasteiger charge is -2.19. The topological polar surface area (TPSA) is 38.3 Å². The molecular weight excluding hydrogens is 238 g/mol. The van der Waals surface area contributed by atoms with E-state index in [-0.39, 0.29) is 12.5 Å². The van der Waals surface area contributed by atoms with E-state index >= 15 is 0 Å². The Bertz CT molecular complexity index is 363. The van der Waals surface area contributed by atoms with E-state index in [1.54, 1.807) is 0 Å². The van der Waals surface area contributed by atoms with Crippen LogP contribution in [0.1, 0.15) is 45.7 Å². The third kappa shape index (κ3) is 9.25. The summed E-state index contributed by atoms with van der Waals surface area (Å²) in [7, 11) is 0. The number of esters is 1. The predicted molar refractivity (Wildman–Crippen MR) is 80.1 cm³/mol. The summed E-state index contributed by atoms with van der Waals surface area (Å²) in [5.41, 5.74) is 1.99. The van der Waals surface area contributed by atoms with Gasteiger partial charge in [-0.15, -0.1) is 0 Å². The zero-order chi connectivity index (χ0) is 14.9. The minimum atomic E-state index is -0.414. The Morgan fingerprint density at radius 1 is 1.16 bits per heavy atom. The number of aryl methyl sites for hydroxylation is 1. The van der Waals surface area contributed by atoms with Crippen molar-refractivity contribution in [2.45, 2.75) is 53.7 Å². The Hall–Kier alpha value is -1.35. The number of carbonyl (C=O) groups is 1. The highest BCUT2D eigenvalue weighted by Crippen LogP contribution is 2.06. The third-order valence-corrected chi connectivity index (χ3v) is 2.14. The first kappa shape index (κ1) is 17.6. The molecule has 0 amide bonds. The van der Waals surface area contributed by atoms with E-state index in [0.29, 0.717) is 6.54 Å². The molecule has 0 radical (unpaired) electrons. The van der Waals surface area contributed by atoms with E-state index in [4.69, 9.17) is 4.74 Å². The van der Waals surface area contributed by atoms with Gasteiger partial charge in [0.25, 0.3) is 0 Å². The van der Waals surface area contributed by atoms with Crippen LogP contribution < -0.4 is 5.32 Å². The summed E-state index contributed by atoms with van der Waals surface area (Å²) in [6, 6.07) is 8.23. The number of hydrogen-bond donors (Lipinski definition) is 1. The number of hydrogen-bond acceptors (Lipinski definition) is 3. The average Bonchev–Trinajstić information content (AvgIpc) is 2.32. The van der Waals surface area contributed by atoms with Crippen molar-refractivity contribution in [2.75, 3.05) is 6.54 Å². The van der Waals surface area contributed by atoms with Crippen molar-refractivity contribution in [1.82, 2.24) is 5.32 Å². The predicted octanol–water partition coefficient (Wildman–Crippen LogP) is 3.45. The zero-order valence-corrected chi connectivity index (χ0v) is 13.0. The second-order valence-electron chi connectivity index (χ2n) is 5.18. The molecule has 108 valence electrons. The number of benzene rings is 1. The van der Waals surface area contributed by atoms with Crippen molar-refractivity contribution in [3.05, 3.63) is 35.4 Å². The first-order valence-electron chi connectivity index (χ1n) is 6.85. The van der Waals surface area contributed by atoms with E-state index in [9.17, 15) is 4.79 Å². The molecule has 0 bridgehead atoms. The average molecular weight is 265 g/mol. The van der Waals surface area contributed by atoms with Crippen LogP contribution in [0.5, 0.6) is 0 Å². The van der Waals surface area contributed by atoms with Gasteiger partial charge in [-0.05, 0) is 33.3 Å². The van der Waals surface area contributed by atoms with Gasteiger partial charge in [0.1, 0.15) is 5.60 Å². The minimum absolute atomic E-state index is 0.218. The van der Waals surface area contributed by atoms with Crippen LogP contribution in [0.15, 0.2) is 24.3 Å². The van der Waals surface area contributed by atoms with Crippen molar-refractivity contribution in [1.29, 1.82) is 0 Å². The fourth-order valence-corrected chi connectivity index (χ4v) is 1.39. The third-order valence-electron chi connectivity index (χ3n) is 2.14. The molecule has 1 aromatic rings. The number of carbonyl (C=O) groups excluding carboxylic acids is 1. The van der Waals surface area contributed by atoms with Gasteiger partial charge in [0.2, 0.25) is 0 Å². The van der Waals surface area contributed by atoms with Crippen molar-refractivity contribution >= 4 is 5.97 Å². The summed E-state index contributed by atoms with van der Waals surface area (Å²) in [5.74, 6) is -0.218. The fourth-order valence-electron chi connectivity index (χ4n) is 1.39. The lowest BCUT2D eigenvalue weighted by molar-refractivity contribution is -0.153. The largest absolute Gasteiger partial charge is 0.459 e. The van der Waals surface area contributed by atoms with Gasteiger partial charge < -0.3 is 10.1 Å². The van der Waals surface area contributed by atoms with E-state index in [2.05, 4.69) is 36.5 Å². The van der Waals surface area contributed by atoms with Gasteiger partial charge in [-0.1, -0.05) is 43.7 Å². The molecule has 1 aromatic carbocycles. The second-order valence-corrected chi connectivity index (χ2v) is 5.18. The molecule has 0 aliphatic carbocycles. The summed E-state index contributed by atoms with van der Waals surface area (Å²) in [6.07, 6.45) is 0. The highest BCUT2D eigenvalue weighted by molar-refractivity contribution is 5.72. The molecule has 0 saturated carbocycles. The molecule has 0 spiro atoms. The smallest absolute Gasteiger partial charge is 0.320 e. The molecule has 1 N–H and O–H groups in total. The van der Waals surface area contributed by atoms with Gasteiger partial charge in [0, 0.05) is 6.54 Å². The first-order chi connectivity index (χ1) is 8.87. The van der Waals surface area contributed by atoms with Gasteiger partial charge in [-0.2, -0.15) is 0 Å². The lowest BCUT2D eigenvalue weighted by atomic mass is 10.1. The van der Waals surface area contributed by atoms with Crippen molar-refractivity contribution in [2.24, 2.45) is 0 Å². The second kappa shape index (κ2) is 8.70. The van der Waals surface area contributed by atoms with E-state index < -0.39 is 5.60 Å². The van der Waals surface area contributed by atoms with Crippen LogP contribution in [0.2, 0.25) is 0 Å². The molecule has 19 heavy (non-hydrogen) atoms. The quantitative estimate of drug-likeness (QED) is 0.847. The Morgan fingerprint density at radius 3 is 2.16 bits per heavy atom. The molecule has 3 heteroatoms.